The van der Waals surface area contributed by atoms with Gasteiger partial charge in [-0.3, -0.25) is 4.98 Å². The Labute approximate surface area is 107 Å². The van der Waals surface area contributed by atoms with Crippen molar-refractivity contribution in [3.63, 3.8) is 0 Å². The van der Waals surface area contributed by atoms with E-state index < -0.39 is 0 Å². The Bertz CT molecular complexity index is 313. The molecule has 1 aromatic rings. The molecule has 0 radical (unpaired) electrons. The molecule has 0 aliphatic carbocycles. The lowest BCUT2D eigenvalue weighted by molar-refractivity contribution is 0.440. The lowest BCUT2D eigenvalue weighted by Crippen LogP contribution is -2.22. The molecule has 0 amide bonds. The van der Waals surface area contributed by atoms with Gasteiger partial charge in [-0.25, -0.2) is 0 Å². The van der Waals surface area contributed by atoms with Crippen LogP contribution in [-0.4, -0.2) is 11.5 Å². The second-order valence-electron chi connectivity index (χ2n) is 4.45. The SMILES string of the molecule is CCNC(CCC(C)C)c1ncccc1Br. The Balaban J connectivity index is 2.73. The number of aromatic nitrogens is 1. The number of hydrogen-bond donors (Lipinski definition) is 1. The average Bonchev–Trinajstić information content (AvgIpc) is 2.25. The number of pyridine rings is 1. The van der Waals surface area contributed by atoms with E-state index in [-0.39, 0.29) is 0 Å². The Morgan fingerprint density at radius 1 is 1.38 bits per heavy atom. The van der Waals surface area contributed by atoms with Crippen LogP contribution < -0.4 is 5.32 Å². The molecule has 0 saturated carbocycles. The van der Waals surface area contributed by atoms with Crippen LogP contribution >= 0.6 is 15.9 Å². The smallest absolute Gasteiger partial charge is 0.0714 e. The van der Waals surface area contributed by atoms with E-state index in [0.29, 0.717) is 6.04 Å². The zero-order valence-corrected chi connectivity index (χ0v) is 11.9. The van der Waals surface area contributed by atoms with Gasteiger partial charge in [-0.1, -0.05) is 20.8 Å². The van der Waals surface area contributed by atoms with E-state index in [1.54, 1.807) is 0 Å². The highest BCUT2D eigenvalue weighted by Crippen LogP contribution is 2.25. The minimum absolute atomic E-state index is 0.364. The largest absolute Gasteiger partial charge is 0.309 e. The lowest BCUT2D eigenvalue weighted by Gasteiger charge is -2.19. The van der Waals surface area contributed by atoms with Crippen molar-refractivity contribution >= 4 is 15.9 Å². The Hall–Kier alpha value is -0.410. The first-order valence-corrected chi connectivity index (χ1v) is 6.78. The van der Waals surface area contributed by atoms with Gasteiger partial charge < -0.3 is 5.32 Å². The van der Waals surface area contributed by atoms with Gasteiger partial charge in [0, 0.05) is 10.7 Å². The molecule has 0 fully saturated rings. The van der Waals surface area contributed by atoms with Crippen LogP contribution in [0.1, 0.15) is 45.3 Å². The number of nitrogens with one attached hydrogen (secondary N) is 1. The van der Waals surface area contributed by atoms with Crippen LogP contribution in [0.25, 0.3) is 0 Å². The van der Waals surface area contributed by atoms with Crippen LogP contribution in [0.3, 0.4) is 0 Å². The minimum atomic E-state index is 0.364. The molecule has 1 aromatic heterocycles. The Kier molecular flexibility index (Phi) is 5.99. The molecule has 3 heteroatoms. The van der Waals surface area contributed by atoms with Gasteiger partial charge in [0.15, 0.2) is 0 Å². The zero-order chi connectivity index (χ0) is 12.0. The van der Waals surface area contributed by atoms with E-state index in [0.717, 1.165) is 29.1 Å². The van der Waals surface area contributed by atoms with Crippen molar-refractivity contribution < 1.29 is 0 Å². The van der Waals surface area contributed by atoms with E-state index in [4.69, 9.17) is 0 Å². The van der Waals surface area contributed by atoms with Gasteiger partial charge in [-0.05, 0) is 53.4 Å². The summed E-state index contributed by atoms with van der Waals surface area (Å²) in [6, 6.07) is 4.38. The number of nitrogens with zero attached hydrogens (tertiary/aromatic N) is 1. The Morgan fingerprint density at radius 2 is 2.12 bits per heavy atom. The summed E-state index contributed by atoms with van der Waals surface area (Å²) in [7, 11) is 0. The van der Waals surface area contributed by atoms with Crippen molar-refractivity contribution in [2.75, 3.05) is 6.54 Å². The van der Waals surface area contributed by atoms with E-state index in [1.165, 1.54) is 6.42 Å². The van der Waals surface area contributed by atoms with Crippen molar-refractivity contribution in [1.82, 2.24) is 10.3 Å². The minimum Gasteiger partial charge on any atom is -0.309 e. The normalized spacial score (nSPS) is 13.1. The van der Waals surface area contributed by atoms with Crippen molar-refractivity contribution in [2.45, 2.75) is 39.7 Å². The predicted molar refractivity (Wildman–Crippen MR) is 72.4 cm³/mol. The monoisotopic (exact) mass is 284 g/mol. The predicted octanol–water partition coefficient (Wildman–Crippen LogP) is 3.93. The summed E-state index contributed by atoms with van der Waals surface area (Å²) in [6.45, 7) is 7.64. The molecular weight excluding hydrogens is 264 g/mol. The van der Waals surface area contributed by atoms with Crippen molar-refractivity contribution in [3.05, 3.63) is 28.5 Å². The summed E-state index contributed by atoms with van der Waals surface area (Å²) in [6.07, 6.45) is 4.22. The second kappa shape index (κ2) is 7.02. The van der Waals surface area contributed by atoms with Crippen LogP contribution in [0.15, 0.2) is 22.8 Å². The van der Waals surface area contributed by atoms with Gasteiger partial charge in [0.05, 0.1) is 11.7 Å². The lowest BCUT2D eigenvalue weighted by atomic mass is 10.0. The molecule has 1 unspecified atom stereocenters. The molecule has 0 spiro atoms. The quantitative estimate of drug-likeness (QED) is 0.856. The average molecular weight is 285 g/mol. The molecule has 1 N–H and O–H groups in total. The van der Waals surface area contributed by atoms with Crippen LogP contribution in [0, 0.1) is 5.92 Å². The number of rotatable bonds is 6. The molecule has 0 aromatic carbocycles. The molecule has 1 heterocycles. The zero-order valence-electron chi connectivity index (χ0n) is 10.3. The van der Waals surface area contributed by atoms with Crippen LogP contribution in [0.4, 0.5) is 0 Å². The van der Waals surface area contributed by atoms with Gasteiger partial charge in [0.2, 0.25) is 0 Å². The maximum absolute atomic E-state index is 4.47. The third-order valence-corrected chi connectivity index (χ3v) is 3.27. The highest BCUT2D eigenvalue weighted by molar-refractivity contribution is 9.10. The van der Waals surface area contributed by atoms with Gasteiger partial charge in [0.1, 0.15) is 0 Å². The van der Waals surface area contributed by atoms with E-state index in [9.17, 15) is 0 Å². The fourth-order valence-corrected chi connectivity index (χ4v) is 2.27. The van der Waals surface area contributed by atoms with Crippen molar-refractivity contribution in [1.29, 1.82) is 0 Å². The van der Waals surface area contributed by atoms with Gasteiger partial charge in [-0.2, -0.15) is 0 Å². The maximum Gasteiger partial charge on any atom is 0.0714 e. The van der Waals surface area contributed by atoms with E-state index in [2.05, 4.69) is 53.1 Å². The Morgan fingerprint density at radius 3 is 2.69 bits per heavy atom. The molecule has 2 nitrogen and oxygen atoms in total. The van der Waals surface area contributed by atoms with E-state index >= 15 is 0 Å². The van der Waals surface area contributed by atoms with Crippen molar-refractivity contribution in [2.24, 2.45) is 5.92 Å². The third-order valence-electron chi connectivity index (χ3n) is 2.60. The van der Waals surface area contributed by atoms with Crippen molar-refractivity contribution in [3.8, 4) is 0 Å². The first-order chi connectivity index (χ1) is 7.65. The third kappa shape index (κ3) is 4.22. The number of halogens is 1. The van der Waals surface area contributed by atoms with E-state index in [1.807, 2.05) is 12.3 Å². The molecule has 0 aliphatic rings. The second-order valence-corrected chi connectivity index (χ2v) is 5.31. The first-order valence-electron chi connectivity index (χ1n) is 5.99. The van der Waals surface area contributed by atoms with Crippen LogP contribution in [0.2, 0.25) is 0 Å². The van der Waals surface area contributed by atoms with Gasteiger partial charge in [0.25, 0.3) is 0 Å². The molecular formula is C13H21BrN2. The van der Waals surface area contributed by atoms with Crippen LogP contribution in [-0.2, 0) is 0 Å². The first kappa shape index (κ1) is 13.7. The fraction of sp³-hybridized carbons (Fsp3) is 0.615. The fourth-order valence-electron chi connectivity index (χ4n) is 1.74. The molecule has 16 heavy (non-hydrogen) atoms. The highest BCUT2D eigenvalue weighted by Gasteiger charge is 2.14. The highest BCUT2D eigenvalue weighted by atomic mass is 79.9. The molecule has 0 bridgehead atoms. The standard InChI is InChI=1S/C13H21BrN2/c1-4-15-12(8-7-10(2)3)13-11(14)6-5-9-16-13/h5-6,9-10,12,15H,4,7-8H2,1-3H3. The summed E-state index contributed by atoms with van der Waals surface area (Å²) in [5.74, 6) is 0.739. The summed E-state index contributed by atoms with van der Waals surface area (Å²) >= 11 is 3.57. The summed E-state index contributed by atoms with van der Waals surface area (Å²) in [5.41, 5.74) is 1.13. The number of hydrogen-bond acceptors (Lipinski definition) is 2. The summed E-state index contributed by atoms with van der Waals surface area (Å²) in [4.78, 5) is 4.47. The molecule has 0 saturated heterocycles. The summed E-state index contributed by atoms with van der Waals surface area (Å²) in [5, 5.41) is 3.50. The molecule has 90 valence electrons. The van der Waals surface area contributed by atoms with Gasteiger partial charge in [-0.15, -0.1) is 0 Å². The summed E-state index contributed by atoms with van der Waals surface area (Å²) < 4.78 is 1.10. The topological polar surface area (TPSA) is 24.9 Å². The van der Waals surface area contributed by atoms with Crippen LogP contribution in [0.5, 0.6) is 0 Å². The maximum atomic E-state index is 4.47. The van der Waals surface area contributed by atoms with Gasteiger partial charge >= 0.3 is 0 Å². The molecule has 0 aliphatic heterocycles. The molecule has 1 rings (SSSR count). The molecule has 1 atom stereocenters.